The van der Waals surface area contributed by atoms with Crippen molar-refractivity contribution in [1.82, 2.24) is 16.0 Å². The van der Waals surface area contributed by atoms with Crippen LogP contribution in [0, 0.1) is 6.92 Å². The van der Waals surface area contributed by atoms with Crippen molar-refractivity contribution in [1.29, 1.82) is 0 Å². The van der Waals surface area contributed by atoms with Crippen LogP contribution in [-0.2, 0) is 16.1 Å². The molecule has 6 nitrogen and oxygen atoms in total. The Kier molecular flexibility index (Phi) is 7.64. The van der Waals surface area contributed by atoms with Crippen LogP contribution >= 0.6 is 23.2 Å². The normalized spacial score (nSPS) is 10.2. The van der Waals surface area contributed by atoms with E-state index in [1.54, 1.807) is 0 Å². The van der Waals surface area contributed by atoms with E-state index < -0.39 is 11.8 Å². The number of hydrogen-bond donors (Lipinski definition) is 3. The molecule has 0 atom stereocenters. The van der Waals surface area contributed by atoms with Gasteiger partial charge in [-0.2, -0.15) is 0 Å². The van der Waals surface area contributed by atoms with Crippen LogP contribution in [0.3, 0.4) is 0 Å². The summed E-state index contributed by atoms with van der Waals surface area (Å²) in [6.07, 6.45) is 0. The van der Waals surface area contributed by atoms with Crippen LogP contribution in [0.4, 0.5) is 0 Å². The Bertz CT molecular complexity index is 856. The molecule has 3 amide bonds. The molecule has 0 saturated carbocycles. The van der Waals surface area contributed by atoms with Crippen LogP contribution < -0.4 is 16.0 Å². The smallest absolute Gasteiger partial charge is 0.253 e. The number of amides is 3. The maximum absolute atomic E-state index is 12.0. The lowest BCUT2D eigenvalue weighted by atomic mass is 10.1. The average molecular weight is 408 g/mol. The molecule has 0 radical (unpaired) electrons. The summed E-state index contributed by atoms with van der Waals surface area (Å²) in [4.78, 5) is 35.6. The molecular formula is C19H19Cl2N3O3. The molecule has 27 heavy (non-hydrogen) atoms. The predicted molar refractivity (Wildman–Crippen MR) is 105 cm³/mol. The minimum atomic E-state index is -0.504. The summed E-state index contributed by atoms with van der Waals surface area (Å²) in [5, 5.41) is 8.19. The van der Waals surface area contributed by atoms with E-state index in [0.29, 0.717) is 11.6 Å². The van der Waals surface area contributed by atoms with Gasteiger partial charge >= 0.3 is 0 Å². The van der Waals surface area contributed by atoms with Gasteiger partial charge in [-0.25, -0.2) is 0 Å². The van der Waals surface area contributed by atoms with Crippen LogP contribution in [0.5, 0.6) is 0 Å². The zero-order chi connectivity index (χ0) is 19.8. The Morgan fingerprint density at radius 2 is 1.59 bits per heavy atom. The number of rotatable bonds is 7. The van der Waals surface area contributed by atoms with Gasteiger partial charge in [0, 0.05) is 11.6 Å². The molecule has 0 bridgehead atoms. The fraction of sp³-hybridized carbons (Fsp3) is 0.211. The highest BCUT2D eigenvalue weighted by Gasteiger charge is 2.12. The molecule has 0 aliphatic heterocycles. The largest absolute Gasteiger partial charge is 0.350 e. The molecule has 0 heterocycles. The summed E-state index contributed by atoms with van der Waals surface area (Å²) in [5.74, 6) is -1.31. The van der Waals surface area contributed by atoms with E-state index in [2.05, 4.69) is 16.0 Å². The lowest BCUT2D eigenvalue weighted by molar-refractivity contribution is -0.125. The fourth-order valence-electron chi connectivity index (χ4n) is 2.26. The van der Waals surface area contributed by atoms with Gasteiger partial charge in [-0.1, -0.05) is 53.0 Å². The Balaban J connectivity index is 1.70. The second-order valence-electron chi connectivity index (χ2n) is 5.85. The van der Waals surface area contributed by atoms with Crippen molar-refractivity contribution in [2.24, 2.45) is 0 Å². The van der Waals surface area contributed by atoms with E-state index in [0.717, 1.165) is 11.1 Å². The van der Waals surface area contributed by atoms with Crippen molar-refractivity contribution in [3.63, 3.8) is 0 Å². The second kappa shape index (κ2) is 9.94. The molecule has 2 aromatic carbocycles. The van der Waals surface area contributed by atoms with Gasteiger partial charge in [-0.05, 0) is 30.7 Å². The van der Waals surface area contributed by atoms with E-state index >= 15 is 0 Å². The highest BCUT2D eigenvalue weighted by atomic mass is 35.5. The highest BCUT2D eigenvalue weighted by Crippen LogP contribution is 2.20. The molecule has 2 aromatic rings. The summed E-state index contributed by atoms with van der Waals surface area (Å²) in [7, 11) is 0. The maximum Gasteiger partial charge on any atom is 0.253 e. The Labute approximate surface area is 167 Å². The first-order chi connectivity index (χ1) is 12.8. The summed E-state index contributed by atoms with van der Waals surface area (Å²) in [6, 6.07) is 12.2. The first-order valence-corrected chi connectivity index (χ1v) is 8.93. The van der Waals surface area contributed by atoms with Crippen LogP contribution in [-0.4, -0.2) is 30.8 Å². The molecule has 0 spiro atoms. The topological polar surface area (TPSA) is 87.3 Å². The monoisotopic (exact) mass is 407 g/mol. The van der Waals surface area contributed by atoms with Crippen molar-refractivity contribution in [2.75, 3.05) is 13.1 Å². The summed E-state index contributed by atoms with van der Waals surface area (Å²) in [6.45, 7) is 1.89. The lowest BCUT2D eigenvalue weighted by Gasteiger charge is -2.09. The predicted octanol–water partition coefficient (Wildman–Crippen LogP) is 2.46. The standard InChI is InChI=1S/C19H19Cl2N3O3/c1-12-3-2-4-13(7-12)9-22-17(25)10-23-18(26)11-24-19(27)15-6-5-14(20)8-16(15)21/h2-8H,9-11H2,1H3,(H,22,25)(H,23,26)(H,24,27). The Morgan fingerprint density at radius 1 is 0.889 bits per heavy atom. The minimum Gasteiger partial charge on any atom is -0.350 e. The molecule has 0 saturated heterocycles. The van der Waals surface area contributed by atoms with Crippen molar-refractivity contribution in [3.05, 3.63) is 69.2 Å². The quantitative estimate of drug-likeness (QED) is 0.658. The van der Waals surface area contributed by atoms with Crippen LogP contribution in [0.2, 0.25) is 10.0 Å². The van der Waals surface area contributed by atoms with E-state index in [9.17, 15) is 14.4 Å². The number of carbonyl (C=O) groups is 3. The molecule has 8 heteroatoms. The molecule has 2 rings (SSSR count). The SMILES string of the molecule is Cc1cccc(CNC(=O)CNC(=O)CNC(=O)c2ccc(Cl)cc2Cl)c1. The third kappa shape index (κ3) is 6.92. The van der Waals surface area contributed by atoms with Crippen LogP contribution in [0.25, 0.3) is 0 Å². The van der Waals surface area contributed by atoms with Gasteiger partial charge < -0.3 is 16.0 Å². The summed E-state index contributed by atoms with van der Waals surface area (Å²) >= 11 is 11.7. The third-order valence-electron chi connectivity index (χ3n) is 3.60. The number of nitrogens with one attached hydrogen (secondary N) is 3. The van der Waals surface area contributed by atoms with Crippen molar-refractivity contribution in [2.45, 2.75) is 13.5 Å². The molecule has 3 N–H and O–H groups in total. The number of aryl methyl sites for hydroxylation is 1. The zero-order valence-corrected chi connectivity index (χ0v) is 16.2. The first kappa shape index (κ1) is 20.7. The molecule has 142 valence electrons. The minimum absolute atomic E-state index is 0.178. The average Bonchev–Trinajstić information content (AvgIpc) is 2.62. The summed E-state index contributed by atoms with van der Waals surface area (Å²) < 4.78 is 0. The van der Waals surface area contributed by atoms with Crippen LogP contribution in [0.15, 0.2) is 42.5 Å². The van der Waals surface area contributed by atoms with Gasteiger partial charge in [-0.15, -0.1) is 0 Å². The lowest BCUT2D eigenvalue weighted by Crippen LogP contribution is -2.41. The first-order valence-electron chi connectivity index (χ1n) is 8.17. The van der Waals surface area contributed by atoms with E-state index in [-0.39, 0.29) is 29.6 Å². The van der Waals surface area contributed by atoms with Gasteiger partial charge in [0.15, 0.2) is 0 Å². The molecule has 0 aliphatic rings. The highest BCUT2D eigenvalue weighted by molar-refractivity contribution is 6.36. The molecule has 0 unspecified atom stereocenters. The fourth-order valence-corrected chi connectivity index (χ4v) is 2.75. The van der Waals surface area contributed by atoms with Gasteiger partial charge in [-0.3, -0.25) is 14.4 Å². The maximum atomic E-state index is 12.0. The molecule has 0 aromatic heterocycles. The van der Waals surface area contributed by atoms with Gasteiger partial charge in [0.1, 0.15) is 0 Å². The van der Waals surface area contributed by atoms with Crippen LogP contribution in [0.1, 0.15) is 21.5 Å². The van der Waals surface area contributed by atoms with Gasteiger partial charge in [0.05, 0.1) is 23.7 Å². The van der Waals surface area contributed by atoms with Gasteiger partial charge in [0.25, 0.3) is 5.91 Å². The van der Waals surface area contributed by atoms with Crippen molar-refractivity contribution in [3.8, 4) is 0 Å². The number of hydrogen-bond acceptors (Lipinski definition) is 3. The number of benzene rings is 2. The number of halogens is 2. The van der Waals surface area contributed by atoms with E-state index in [1.807, 2.05) is 31.2 Å². The van der Waals surface area contributed by atoms with Crippen molar-refractivity contribution >= 4 is 40.9 Å². The Morgan fingerprint density at radius 3 is 2.30 bits per heavy atom. The second-order valence-corrected chi connectivity index (χ2v) is 6.69. The van der Waals surface area contributed by atoms with Crippen molar-refractivity contribution < 1.29 is 14.4 Å². The molecule has 0 fully saturated rings. The number of carbonyl (C=O) groups excluding carboxylic acids is 3. The van der Waals surface area contributed by atoms with E-state index in [4.69, 9.17) is 23.2 Å². The molecular weight excluding hydrogens is 389 g/mol. The Hall–Kier alpha value is -2.57. The molecule has 0 aliphatic carbocycles. The third-order valence-corrected chi connectivity index (χ3v) is 4.15. The van der Waals surface area contributed by atoms with E-state index in [1.165, 1.54) is 18.2 Å². The summed E-state index contributed by atoms with van der Waals surface area (Å²) in [5.41, 5.74) is 2.29. The van der Waals surface area contributed by atoms with Gasteiger partial charge in [0.2, 0.25) is 11.8 Å². The zero-order valence-electron chi connectivity index (χ0n) is 14.6.